The van der Waals surface area contributed by atoms with Gasteiger partial charge >= 0.3 is 0 Å². The number of rotatable bonds is 5. The summed E-state index contributed by atoms with van der Waals surface area (Å²) in [5, 5.41) is 12.1. The lowest BCUT2D eigenvalue weighted by Gasteiger charge is -2.16. The van der Waals surface area contributed by atoms with E-state index in [0.717, 1.165) is 43.0 Å². The second-order valence-electron chi connectivity index (χ2n) is 7.16. The van der Waals surface area contributed by atoms with Gasteiger partial charge in [0.2, 0.25) is 0 Å². The highest BCUT2D eigenvalue weighted by Gasteiger charge is 2.18. The van der Waals surface area contributed by atoms with E-state index in [1.165, 1.54) is 6.42 Å². The summed E-state index contributed by atoms with van der Waals surface area (Å²) in [5.74, 6) is 2.12. The Kier molecular flexibility index (Phi) is 5.81. The van der Waals surface area contributed by atoms with Crippen LogP contribution in [0.5, 0.6) is 5.75 Å². The van der Waals surface area contributed by atoms with Crippen LogP contribution in [0.4, 0.5) is 5.69 Å². The molecule has 4 rings (SSSR count). The number of hydrogen-bond donors (Lipinski definition) is 1. The fourth-order valence-electron chi connectivity index (χ4n) is 3.46. The Morgan fingerprint density at radius 1 is 1.14 bits per heavy atom. The van der Waals surface area contributed by atoms with Gasteiger partial charge in [-0.3, -0.25) is 4.79 Å². The molecule has 0 aliphatic carbocycles. The second-order valence-corrected chi connectivity index (χ2v) is 7.57. The minimum Gasteiger partial charge on any atom is -0.479 e. The third kappa shape index (κ3) is 4.43. The molecule has 2 aromatic carbocycles. The normalized spacial score (nSPS) is 14.6. The van der Waals surface area contributed by atoms with E-state index in [0.29, 0.717) is 16.5 Å². The van der Waals surface area contributed by atoms with E-state index < -0.39 is 6.10 Å². The molecule has 6 nitrogen and oxygen atoms in total. The predicted molar refractivity (Wildman–Crippen MR) is 113 cm³/mol. The average molecular weight is 411 g/mol. The van der Waals surface area contributed by atoms with Crippen molar-refractivity contribution in [1.82, 2.24) is 14.8 Å². The van der Waals surface area contributed by atoms with Crippen LogP contribution in [-0.2, 0) is 17.8 Å². The van der Waals surface area contributed by atoms with Crippen molar-refractivity contribution < 1.29 is 9.53 Å². The molecule has 0 saturated heterocycles. The molecule has 0 radical (unpaired) electrons. The van der Waals surface area contributed by atoms with Gasteiger partial charge in [-0.25, -0.2) is 0 Å². The lowest BCUT2D eigenvalue weighted by molar-refractivity contribution is -0.122. The minimum atomic E-state index is -0.692. The Balaban J connectivity index is 1.49. The summed E-state index contributed by atoms with van der Waals surface area (Å²) in [4.78, 5) is 12.6. The Morgan fingerprint density at radius 3 is 2.86 bits per heavy atom. The van der Waals surface area contributed by atoms with Gasteiger partial charge in [0, 0.05) is 24.2 Å². The first kappa shape index (κ1) is 19.5. The third-order valence-corrected chi connectivity index (χ3v) is 5.32. The molecule has 29 heavy (non-hydrogen) atoms. The number of anilines is 1. The smallest absolute Gasteiger partial charge is 0.265 e. The number of fused-ring (bicyclic) bond motifs is 1. The van der Waals surface area contributed by atoms with Crippen LogP contribution in [0.2, 0.25) is 5.02 Å². The van der Waals surface area contributed by atoms with Gasteiger partial charge in [0.25, 0.3) is 5.91 Å². The van der Waals surface area contributed by atoms with Crippen LogP contribution in [0.15, 0.2) is 48.5 Å². The molecule has 1 unspecified atom stereocenters. The van der Waals surface area contributed by atoms with Crippen LogP contribution < -0.4 is 10.1 Å². The van der Waals surface area contributed by atoms with Crippen LogP contribution in [-0.4, -0.2) is 26.8 Å². The maximum Gasteiger partial charge on any atom is 0.265 e. The summed E-state index contributed by atoms with van der Waals surface area (Å²) in [6.45, 7) is 2.62. The number of aryl methyl sites for hydroxylation is 1. The monoisotopic (exact) mass is 410 g/mol. The summed E-state index contributed by atoms with van der Waals surface area (Å²) in [6, 6.07) is 14.8. The molecular formula is C22H23ClN4O2. The zero-order valence-corrected chi connectivity index (χ0v) is 17.0. The van der Waals surface area contributed by atoms with Crippen molar-refractivity contribution in [2.45, 2.75) is 45.3 Å². The number of hydrogen-bond acceptors (Lipinski definition) is 4. The van der Waals surface area contributed by atoms with E-state index in [9.17, 15) is 4.79 Å². The predicted octanol–water partition coefficient (Wildman–Crippen LogP) is 4.73. The van der Waals surface area contributed by atoms with Crippen molar-refractivity contribution in [2.24, 2.45) is 0 Å². The van der Waals surface area contributed by atoms with Crippen LogP contribution >= 0.6 is 11.6 Å². The number of amides is 1. The summed E-state index contributed by atoms with van der Waals surface area (Å²) in [7, 11) is 0. The minimum absolute atomic E-state index is 0.248. The van der Waals surface area contributed by atoms with E-state index >= 15 is 0 Å². The maximum absolute atomic E-state index is 12.6. The van der Waals surface area contributed by atoms with Crippen LogP contribution in [0.1, 0.15) is 32.0 Å². The number of para-hydroxylation sites is 1. The summed E-state index contributed by atoms with van der Waals surface area (Å²) in [5.41, 5.74) is 1.62. The Morgan fingerprint density at radius 2 is 2.00 bits per heavy atom. The maximum atomic E-state index is 12.6. The molecule has 0 spiro atoms. The number of benzene rings is 2. The van der Waals surface area contributed by atoms with Gasteiger partial charge in [-0.05, 0) is 44.0 Å². The molecular weight excluding hydrogens is 388 g/mol. The standard InChI is InChI=1S/C22H23ClN4O2/c1-15(29-19-11-5-4-10-18(19)23)22(28)24-17-9-7-8-16(14-17)21-26-25-20-12-3-2-6-13-27(20)21/h4-5,7-11,14-15H,2-3,6,12-13H2,1H3,(H,24,28). The molecule has 2 heterocycles. The van der Waals surface area contributed by atoms with Crippen LogP contribution in [0.3, 0.4) is 0 Å². The fraction of sp³-hybridized carbons (Fsp3) is 0.318. The van der Waals surface area contributed by atoms with Crippen molar-refractivity contribution in [3.63, 3.8) is 0 Å². The largest absolute Gasteiger partial charge is 0.479 e. The number of aromatic nitrogens is 3. The fourth-order valence-corrected chi connectivity index (χ4v) is 3.64. The third-order valence-electron chi connectivity index (χ3n) is 5.01. The van der Waals surface area contributed by atoms with Gasteiger partial charge in [0.1, 0.15) is 11.6 Å². The highest BCUT2D eigenvalue weighted by Crippen LogP contribution is 2.26. The van der Waals surface area contributed by atoms with Crippen molar-refractivity contribution in [3.05, 3.63) is 59.4 Å². The molecule has 0 bridgehead atoms. The molecule has 1 atom stereocenters. The van der Waals surface area contributed by atoms with E-state index in [1.54, 1.807) is 19.1 Å². The summed E-state index contributed by atoms with van der Waals surface area (Å²) < 4.78 is 7.89. The SMILES string of the molecule is CC(Oc1ccccc1Cl)C(=O)Nc1cccc(-c2nnc3n2CCCCC3)c1. The molecule has 1 N–H and O–H groups in total. The molecule has 1 aliphatic heterocycles. The van der Waals surface area contributed by atoms with E-state index in [1.807, 2.05) is 36.4 Å². The molecule has 0 fully saturated rings. The number of nitrogens with one attached hydrogen (secondary N) is 1. The van der Waals surface area contributed by atoms with Crippen molar-refractivity contribution in [1.29, 1.82) is 0 Å². The van der Waals surface area contributed by atoms with E-state index in [2.05, 4.69) is 20.1 Å². The van der Waals surface area contributed by atoms with Gasteiger partial charge in [-0.15, -0.1) is 10.2 Å². The average Bonchev–Trinajstić information content (AvgIpc) is 2.98. The lowest BCUT2D eigenvalue weighted by Crippen LogP contribution is -2.30. The Hall–Kier alpha value is -2.86. The molecule has 7 heteroatoms. The molecule has 1 amide bonds. The van der Waals surface area contributed by atoms with Gasteiger partial charge in [-0.1, -0.05) is 42.3 Å². The van der Waals surface area contributed by atoms with Crippen molar-refractivity contribution >= 4 is 23.2 Å². The van der Waals surface area contributed by atoms with E-state index in [4.69, 9.17) is 16.3 Å². The van der Waals surface area contributed by atoms with Crippen LogP contribution in [0.25, 0.3) is 11.4 Å². The molecule has 0 saturated carbocycles. The zero-order valence-electron chi connectivity index (χ0n) is 16.3. The highest BCUT2D eigenvalue weighted by molar-refractivity contribution is 6.32. The van der Waals surface area contributed by atoms with Crippen molar-refractivity contribution in [2.75, 3.05) is 5.32 Å². The molecule has 150 valence electrons. The number of nitrogens with zero attached hydrogens (tertiary/aromatic N) is 3. The number of carbonyl (C=O) groups excluding carboxylic acids is 1. The van der Waals surface area contributed by atoms with Gasteiger partial charge in [0.15, 0.2) is 11.9 Å². The van der Waals surface area contributed by atoms with E-state index in [-0.39, 0.29) is 5.91 Å². The molecule has 1 aromatic heterocycles. The lowest BCUT2D eigenvalue weighted by atomic mass is 10.1. The number of carbonyl (C=O) groups is 1. The topological polar surface area (TPSA) is 69.0 Å². The Bertz CT molecular complexity index is 1020. The number of ether oxygens (including phenoxy) is 1. The first-order valence-electron chi connectivity index (χ1n) is 9.86. The Labute approximate surface area is 174 Å². The van der Waals surface area contributed by atoms with Crippen molar-refractivity contribution in [3.8, 4) is 17.1 Å². The van der Waals surface area contributed by atoms with Gasteiger partial charge in [-0.2, -0.15) is 0 Å². The number of halogens is 1. The first-order chi connectivity index (χ1) is 14.1. The zero-order chi connectivity index (χ0) is 20.2. The summed E-state index contributed by atoms with van der Waals surface area (Å²) in [6.07, 6.45) is 3.76. The quantitative estimate of drug-likeness (QED) is 0.660. The van der Waals surface area contributed by atoms with Gasteiger partial charge < -0.3 is 14.6 Å². The van der Waals surface area contributed by atoms with Gasteiger partial charge in [0.05, 0.1) is 5.02 Å². The molecule has 1 aliphatic rings. The highest BCUT2D eigenvalue weighted by atomic mass is 35.5. The molecule has 3 aromatic rings. The first-order valence-corrected chi connectivity index (χ1v) is 10.2. The second kappa shape index (κ2) is 8.66. The van der Waals surface area contributed by atoms with Crippen LogP contribution in [0, 0.1) is 0 Å². The summed E-state index contributed by atoms with van der Waals surface area (Å²) >= 11 is 6.11.